The fourth-order valence-corrected chi connectivity index (χ4v) is 2.09. The molecule has 0 aliphatic rings. The lowest BCUT2D eigenvalue weighted by molar-refractivity contribution is 0.358. The zero-order valence-corrected chi connectivity index (χ0v) is 12.0. The maximum Gasteiger partial charge on any atom is 0.103 e. The first-order valence-corrected chi connectivity index (χ1v) is 6.85. The van der Waals surface area contributed by atoms with Gasteiger partial charge in [0.1, 0.15) is 5.82 Å². The van der Waals surface area contributed by atoms with Crippen LogP contribution in [-0.2, 0) is 13.0 Å². The summed E-state index contributed by atoms with van der Waals surface area (Å²) >= 11 is 0. The molecule has 0 saturated carbocycles. The molecule has 1 heterocycles. The van der Waals surface area contributed by atoms with Crippen molar-refractivity contribution in [1.29, 1.82) is 0 Å². The number of imidazole rings is 1. The van der Waals surface area contributed by atoms with Crippen molar-refractivity contribution in [2.24, 2.45) is 0 Å². The first kappa shape index (κ1) is 13.8. The van der Waals surface area contributed by atoms with Gasteiger partial charge in [0.15, 0.2) is 0 Å². The quantitative estimate of drug-likeness (QED) is 0.834. The van der Waals surface area contributed by atoms with Gasteiger partial charge in [-0.15, -0.1) is 0 Å². The minimum atomic E-state index is 0.120. The van der Waals surface area contributed by atoms with Crippen molar-refractivity contribution >= 4 is 0 Å². The molecule has 2 aromatic rings. The van der Waals surface area contributed by atoms with E-state index in [2.05, 4.69) is 59.5 Å². The van der Waals surface area contributed by atoms with Crippen LogP contribution in [0.1, 0.15) is 37.4 Å². The average Bonchev–Trinajstić information content (AvgIpc) is 2.82. The second kappa shape index (κ2) is 6.02. The van der Waals surface area contributed by atoms with Gasteiger partial charge in [-0.1, -0.05) is 30.3 Å². The van der Waals surface area contributed by atoms with Gasteiger partial charge in [-0.2, -0.15) is 0 Å². The van der Waals surface area contributed by atoms with Crippen LogP contribution in [0.15, 0.2) is 36.5 Å². The van der Waals surface area contributed by atoms with E-state index in [0.29, 0.717) is 0 Å². The summed E-state index contributed by atoms with van der Waals surface area (Å²) in [6.45, 7) is 7.31. The maximum atomic E-state index is 4.22. The Kier molecular flexibility index (Phi) is 4.38. The number of aryl methyl sites for hydroxylation is 2. The van der Waals surface area contributed by atoms with E-state index in [1.54, 1.807) is 0 Å². The Morgan fingerprint density at radius 2 is 1.95 bits per heavy atom. The Labute approximate surface area is 115 Å². The number of nitrogens with zero attached hydrogens (tertiary/aromatic N) is 1. The van der Waals surface area contributed by atoms with Gasteiger partial charge < -0.3 is 10.3 Å². The number of aromatic amines is 1. The van der Waals surface area contributed by atoms with Crippen molar-refractivity contribution in [3.63, 3.8) is 0 Å². The van der Waals surface area contributed by atoms with E-state index in [-0.39, 0.29) is 5.54 Å². The fraction of sp³-hybridized carbons (Fsp3) is 0.438. The Bertz CT molecular complexity index is 500. The van der Waals surface area contributed by atoms with Gasteiger partial charge >= 0.3 is 0 Å². The Balaban J connectivity index is 1.81. The van der Waals surface area contributed by atoms with Crippen LogP contribution in [0.3, 0.4) is 0 Å². The smallest absolute Gasteiger partial charge is 0.103 e. The minimum Gasteiger partial charge on any atom is -0.345 e. The third kappa shape index (κ3) is 4.52. The molecule has 1 aromatic carbocycles. The van der Waals surface area contributed by atoms with Crippen molar-refractivity contribution < 1.29 is 0 Å². The summed E-state index contributed by atoms with van der Waals surface area (Å²) in [5, 5.41) is 3.59. The van der Waals surface area contributed by atoms with Gasteiger partial charge in [-0.05, 0) is 39.2 Å². The molecule has 102 valence electrons. The second-order valence-corrected chi connectivity index (χ2v) is 5.72. The van der Waals surface area contributed by atoms with Gasteiger partial charge in [0, 0.05) is 24.0 Å². The van der Waals surface area contributed by atoms with Crippen LogP contribution in [0, 0.1) is 6.92 Å². The Morgan fingerprint density at radius 1 is 1.21 bits per heavy atom. The predicted molar refractivity (Wildman–Crippen MR) is 79.0 cm³/mol. The van der Waals surface area contributed by atoms with Gasteiger partial charge in [0.25, 0.3) is 0 Å². The van der Waals surface area contributed by atoms with Crippen LogP contribution in [0.2, 0.25) is 0 Å². The molecule has 0 aliphatic carbocycles. The topological polar surface area (TPSA) is 40.7 Å². The number of H-pyrrole nitrogens is 1. The highest BCUT2D eigenvalue weighted by Gasteiger charge is 2.16. The fourth-order valence-electron chi connectivity index (χ4n) is 2.09. The summed E-state index contributed by atoms with van der Waals surface area (Å²) in [6.07, 6.45) is 4.11. The molecule has 0 saturated heterocycles. The van der Waals surface area contributed by atoms with E-state index in [1.807, 2.05) is 13.1 Å². The lowest BCUT2D eigenvalue weighted by Crippen LogP contribution is -2.39. The SMILES string of the molecule is Cc1ncc(CNC(C)(C)CCc2ccccc2)[nH]1. The molecule has 0 atom stereocenters. The van der Waals surface area contributed by atoms with Gasteiger partial charge in [0.05, 0.1) is 0 Å². The molecular weight excluding hydrogens is 234 g/mol. The van der Waals surface area contributed by atoms with Crippen LogP contribution in [-0.4, -0.2) is 15.5 Å². The molecule has 1 aromatic heterocycles. The monoisotopic (exact) mass is 257 g/mol. The summed E-state index contributed by atoms with van der Waals surface area (Å²) < 4.78 is 0. The number of benzene rings is 1. The summed E-state index contributed by atoms with van der Waals surface area (Å²) in [5.74, 6) is 0.971. The highest BCUT2D eigenvalue weighted by Crippen LogP contribution is 2.14. The summed E-state index contributed by atoms with van der Waals surface area (Å²) in [6, 6.07) is 10.6. The lowest BCUT2D eigenvalue weighted by Gasteiger charge is -2.26. The normalized spacial score (nSPS) is 11.7. The van der Waals surface area contributed by atoms with Crippen molar-refractivity contribution in [1.82, 2.24) is 15.3 Å². The molecule has 0 spiro atoms. The first-order valence-electron chi connectivity index (χ1n) is 6.85. The zero-order chi connectivity index (χ0) is 13.7. The molecule has 3 nitrogen and oxygen atoms in total. The number of nitrogens with one attached hydrogen (secondary N) is 2. The molecule has 2 rings (SSSR count). The van der Waals surface area contributed by atoms with Crippen LogP contribution >= 0.6 is 0 Å². The minimum absolute atomic E-state index is 0.120. The van der Waals surface area contributed by atoms with Crippen molar-refractivity contribution in [3.05, 3.63) is 53.6 Å². The highest BCUT2D eigenvalue weighted by molar-refractivity contribution is 5.15. The van der Waals surface area contributed by atoms with Crippen molar-refractivity contribution in [2.45, 2.75) is 45.7 Å². The number of hydrogen-bond donors (Lipinski definition) is 2. The molecule has 0 amide bonds. The third-order valence-electron chi connectivity index (χ3n) is 3.39. The van der Waals surface area contributed by atoms with E-state index in [4.69, 9.17) is 0 Å². The Morgan fingerprint density at radius 3 is 2.58 bits per heavy atom. The van der Waals surface area contributed by atoms with Crippen LogP contribution < -0.4 is 5.32 Å². The Hall–Kier alpha value is -1.61. The molecule has 2 N–H and O–H groups in total. The number of hydrogen-bond acceptors (Lipinski definition) is 2. The summed E-state index contributed by atoms with van der Waals surface area (Å²) in [5.41, 5.74) is 2.66. The van der Waals surface area contributed by atoms with E-state index in [1.165, 1.54) is 5.56 Å². The molecule has 0 radical (unpaired) electrons. The number of aromatic nitrogens is 2. The largest absolute Gasteiger partial charge is 0.345 e. The van der Waals surface area contributed by atoms with Crippen LogP contribution in [0.25, 0.3) is 0 Å². The highest BCUT2D eigenvalue weighted by atomic mass is 15.0. The van der Waals surface area contributed by atoms with Gasteiger partial charge in [0.2, 0.25) is 0 Å². The van der Waals surface area contributed by atoms with E-state index >= 15 is 0 Å². The van der Waals surface area contributed by atoms with Crippen LogP contribution in [0.4, 0.5) is 0 Å². The third-order valence-corrected chi connectivity index (χ3v) is 3.39. The van der Waals surface area contributed by atoms with Crippen molar-refractivity contribution in [2.75, 3.05) is 0 Å². The molecule has 0 bridgehead atoms. The zero-order valence-electron chi connectivity index (χ0n) is 12.0. The van der Waals surface area contributed by atoms with Gasteiger partial charge in [-0.3, -0.25) is 0 Å². The van der Waals surface area contributed by atoms with E-state index < -0.39 is 0 Å². The molecule has 3 heteroatoms. The average molecular weight is 257 g/mol. The maximum absolute atomic E-state index is 4.22. The standard InChI is InChI=1S/C16H23N3/c1-13-17-11-15(19-13)12-18-16(2,3)10-9-14-7-5-4-6-8-14/h4-8,11,18H,9-10,12H2,1-3H3,(H,17,19). The molecular formula is C16H23N3. The first-order chi connectivity index (χ1) is 9.05. The predicted octanol–water partition coefficient (Wildman–Crippen LogP) is 3.22. The molecule has 0 aliphatic heterocycles. The second-order valence-electron chi connectivity index (χ2n) is 5.72. The van der Waals surface area contributed by atoms with E-state index in [0.717, 1.165) is 30.9 Å². The number of rotatable bonds is 6. The molecule has 19 heavy (non-hydrogen) atoms. The summed E-state index contributed by atoms with van der Waals surface area (Å²) in [7, 11) is 0. The molecule has 0 fully saturated rings. The molecule has 0 unspecified atom stereocenters. The van der Waals surface area contributed by atoms with Crippen LogP contribution in [0.5, 0.6) is 0 Å². The summed E-state index contributed by atoms with van der Waals surface area (Å²) in [4.78, 5) is 7.46. The van der Waals surface area contributed by atoms with E-state index in [9.17, 15) is 0 Å². The van der Waals surface area contributed by atoms with Gasteiger partial charge in [-0.25, -0.2) is 4.98 Å². The van der Waals surface area contributed by atoms with Crippen molar-refractivity contribution in [3.8, 4) is 0 Å². The lowest BCUT2D eigenvalue weighted by atomic mass is 9.95.